The van der Waals surface area contributed by atoms with E-state index in [2.05, 4.69) is 63.9 Å². The van der Waals surface area contributed by atoms with E-state index in [1.807, 2.05) is 0 Å². The van der Waals surface area contributed by atoms with Crippen molar-refractivity contribution in [3.63, 3.8) is 0 Å². The van der Waals surface area contributed by atoms with Crippen LogP contribution in [0.2, 0.25) is 0 Å². The molecule has 0 aliphatic heterocycles. The van der Waals surface area contributed by atoms with Gasteiger partial charge >= 0.3 is 0 Å². The lowest BCUT2D eigenvalue weighted by Crippen LogP contribution is -2.31. The van der Waals surface area contributed by atoms with Gasteiger partial charge in [-0.3, -0.25) is 0 Å². The fraction of sp³-hybridized carbons (Fsp3) is 0.647. The van der Waals surface area contributed by atoms with Gasteiger partial charge in [0.15, 0.2) is 0 Å². The first-order valence-corrected chi connectivity index (χ1v) is 7.52. The number of benzene rings is 1. The summed E-state index contributed by atoms with van der Waals surface area (Å²) in [6.07, 6.45) is 3.20. The fourth-order valence-corrected chi connectivity index (χ4v) is 2.53. The molecule has 2 N–H and O–H groups in total. The first-order chi connectivity index (χ1) is 8.95. The minimum absolute atomic E-state index is 0.259. The van der Waals surface area contributed by atoms with E-state index in [9.17, 15) is 0 Å². The van der Waals surface area contributed by atoms with Crippen LogP contribution in [0.3, 0.4) is 0 Å². The van der Waals surface area contributed by atoms with Crippen molar-refractivity contribution in [3.05, 3.63) is 29.8 Å². The highest BCUT2D eigenvalue weighted by Gasteiger charge is 2.15. The molecule has 1 rings (SSSR count). The summed E-state index contributed by atoms with van der Waals surface area (Å²) in [4.78, 5) is 2.40. The number of nitrogens with zero attached hydrogens (tertiary/aromatic N) is 1. The number of nitrogens with two attached hydrogens (primary N) is 1. The summed E-state index contributed by atoms with van der Waals surface area (Å²) in [6.45, 7) is 9.02. The molecule has 1 aromatic rings. The molecule has 0 aromatic heterocycles. The second-order valence-electron chi connectivity index (χ2n) is 6.09. The fourth-order valence-electron chi connectivity index (χ4n) is 2.53. The lowest BCUT2D eigenvalue weighted by Gasteiger charge is -2.30. The van der Waals surface area contributed by atoms with E-state index in [4.69, 9.17) is 5.73 Å². The summed E-state index contributed by atoms with van der Waals surface area (Å²) in [7, 11) is 2.20. The molecule has 0 amide bonds. The largest absolute Gasteiger partial charge is 0.372 e. The van der Waals surface area contributed by atoms with Gasteiger partial charge in [-0.25, -0.2) is 0 Å². The molecule has 108 valence electrons. The Balaban J connectivity index is 2.86. The van der Waals surface area contributed by atoms with Gasteiger partial charge in [0.05, 0.1) is 0 Å². The van der Waals surface area contributed by atoms with E-state index in [1.165, 1.54) is 17.7 Å². The predicted octanol–water partition coefficient (Wildman–Crippen LogP) is 3.84. The van der Waals surface area contributed by atoms with Crippen molar-refractivity contribution in [2.24, 2.45) is 11.7 Å². The van der Waals surface area contributed by atoms with Crippen LogP contribution in [0, 0.1) is 5.92 Å². The van der Waals surface area contributed by atoms with Gasteiger partial charge in [-0.1, -0.05) is 39.0 Å². The van der Waals surface area contributed by atoms with Crippen molar-refractivity contribution >= 4 is 5.69 Å². The average Bonchev–Trinajstić information content (AvgIpc) is 2.37. The van der Waals surface area contributed by atoms with Gasteiger partial charge in [0.2, 0.25) is 0 Å². The molecule has 19 heavy (non-hydrogen) atoms. The van der Waals surface area contributed by atoms with E-state index < -0.39 is 0 Å². The molecule has 0 radical (unpaired) electrons. The van der Waals surface area contributed by atoms with Crippen LogP contribution in [0.25, 0.3) is 0 Å². The molecule has 0 spiro atoms. The summed E-state index contributed by atoms with van der Waals surface area (Å²) in [5, 5.41) is 0. The SMILES string of the molecule is CCC(N)Cc1ccccc1N(C)C(C)CC(C)C. The smallest absolute Gasteiger partial charge is 0.0399 e. The standard InChI is InChI=1S/C17H30N2/c1-6-16(18)12-15-9-7-8-10-17(15)19(5)14(4)11-13(2)3/h7-10,13-14,16H,6,11-12,18H2,1-5H3. The summed E-state index contributed by atoms with van der Waals surface area (Å²) < 4.78 is 0. The number of hydrogen-bond acceptors (Lipinski definition) is 2. The van der Waals surface area contributed by atoms with E-state index in [1.54, 1.807) is 0 Å². The summed E-state index contributed by atoms with van der Waals surface area (Å²) in [5.41, 5.74) is 8.82. The van der Waals surface area contributed by atoms with Crippen LogP contribution < -0.4 is 10.6 Å². The Labute approximate surface area is 119 Å². The number of anilines is 1. The van der Waals surface area contributed by atoms with Gasteiger partial charge in [-0.15, -0.1) is 0 Å². The van der Waals surface area contributed by atoms with E-state index in [-0.39, 0.29) is 6.04 Å². The Morgan fingerprint density at radius 3 is 2.37 bits per heavy atom. The molecule has 0 aliphatic carbocycles. The summed E-state index contributed by atoms with van der Waals surface area (Å²) in [5.74, 6) is 0.725. The summed E-state index contributed by atoms with van der Waals surface area (Å²) >= 11 is 0. The van der Waals surface area contributed by atoms with Crippen molar-refractivity contribution in [1.29, 1.82) is 0 Å². The van der Waals surface area contributed by atoms with Crippen LogP contribution in [0.5, 0.6) is 0 Å². The monoisotopic (exact) mass is 262 g/mol. The van der Waals surface area contributed by atoms with Crippen molar-refractivity contribution in [2.75, 3.05) is 11.9 Å². The molecule has 0 saturated heterocycles. The number of para-hydroxylation sites is 1. The maximum Gasteiger partial charge on any atom is 0.0399 e. The molecule has 2 heteroatoms. The van der Waals surface area contributed by atoms with E-state index >= 15 is 0 Å². The molecule has 2 nitrogen and oxygen atoms in total. The van der Waals surface area contributed by atoms with Gasteiger partial charge in [0, 0.05) is 24.8 Å². The number of hydrogen-bond donors (Lipinski definition) is 1. The zero-order valence-corrected chi connectivity index (χ0v) is 13.2. The zero-order valence-electron chi connectivity index (χ0n) is 13.2. The zero-order chi connectivity index (χ0) is 14.4. The van der Waals surface area contributed by atoms with Crippen molar-refractivity contribution in [2.45, 2.75) is 59.0 Å². The Morgan fingerprint density at radius 1 is 1.16 bits per heavy atom. The lowest BCUT2D eigenvalue weighted by atomic mass is 9.99. The molecule has 2 unspecified atom stereocenters. The molecule has 1 aromatic carbocycles. The number of rotatable bonds is 7. The minimum atomic E-state index is 0.259. The highest BCUT2D eigenvalue weighted by molar-refractivity contribution is 5.54. The maximum atomic E-state index is 6.11. The first-order valence-electron chi connectivity index (χ1n) is 7.52. The topological polar surface area (TPSA) is 29.3 Å². The van der Waals surface area contributed by atoms with Gasteiger partial charge < -0.3 is 10.6 Å². The van der Waals surface area contributed by atoms with Gasteiger partial charge in [0.25, 0.3) is 0 Å². The Morgan fingerprint density at radius 2 is 1.79 bits per heavy atom. The molecular formula is C17H30N2. The Kier molecular flexibility index (Phi) is 6.36. The van der Waals surface area contributed by atoms with Crippen LogP contribution >= 0.6 is 0 Å². The van der Waals surface area contributed by atoms with Crippen molar-refractivity contribution in [1.82, 2.24) is 0 Å². The molecule has 0 aliphatic rings. The van der Waals surface area contributed by atoms with Crippen LogP contribution in [0.1, 0.15) is 46.1 Å². The molecule has 0 saturated carbocycles. The molecular weight excluding hydrogens is 232 g/mol. The third kappa shape index (κ3) is 4.87. The second-order valence-corrected chi connectivity index (χ2v) is 6.09. The predicted molar refractivity (Wildman–Crippen MR) is 85.7 cm³/mol. The van der Waals surface area contributed by atoms with Gasteiger partial charge in [-0.05, 0) is 43.7 Å². The third-order valence-electron chi connectivity index (χ3n) is 3.85. The maximum absolute atomic E-state index is 6.11. The average molecular weight is 262 g/mol. The Bertz CT molecular complexity index is 373. The molecule has 0 heterocycles. The van der Waals surface area contributed by atoms with Crippen LogP contribution in [-0.2, 0) is 6.42 Å². The van der Waals surface area contributed by atoms with Crippen molar-refractivity contribution in [3.8, 4) is 0 Å². The van der Waals surface area contributed by atoms with Crippen LogP contribution in [-0.4, -0.2) is 19.1 Å². The molecule has 0 fully saturated rings. The molecule has 2 atom stereocenters. The normalized spacial score (nSPS) is 14.5. The highest BCUT2D eigenvalue weighted by Crippen LogP contribution is 2.24. The first kappa shape index (κ1) is 16.0. The van der Waals surface area contributed by atoms with Crippen molar-refractivity contribution < 1.29 is 0 Å². The minimum Gasteiger partial charge on any atom is -0.372 e. The second kappa shape index (κ2) is 7.54. The van der Waals surface area contributed by atoms with E-state index in [0.29, 0.717) is 6.04 Å². The Hall–Kier alpha value is -1.02. The third-order valence-corrected chi connectivity index (χ3v) is 3.85. The lowest BCUT2D eigenvalue weighted by molar-refractivity contribution is 0.503. The highest BCUT2D eigenvalue weighted by atomic mass is 15.1. The van der Waals surface area contributed by atoms with Crippen LogP contribution in [0.4, 0.5) is 5.69 Å². The van der Waals surface area contributed by atoms with Gasteiger partial charge in [-0.2, -0.15) is 0 Å². The van der Waals surface area contributed by atoms with Gasteiger partial charge in [0.1, 0.15) is 0 Å². The van der Waals surface area contributed by atoms with E-state index in [0.717, 1.165) is 18.8 Å². The quantitative estimate of drug-likeness (QED) is 0.809. The van der Waals surface area contributed by atoms with Crippen LogP contribution in [0.15, 0.2) is 24.3 Å². The molecule has 0 bridgehead atoms. The summed E-state index contributed by atoms with van der Waals surface area (Å²) in [6, 6.07) is 9.48.